The van der Waals surface area contributed by atoms with Gasteiger partial charge in [0.2, 0.25) is 0 Å². The number of carboxylic acids is 1. The molecule has 0 unspecified atom stereocenters. The van der Waals surface area contributed by atoms with Crippen LogP contribution in [0.4, 0.5) is 0 Å². The number of aromatic amines is 1. The number of rotatable bonds is 2. The second kappa shape index (κ2) is 3.77. The van der Waals surface area contributed by atoms with Crippen LogP contribution >= 0.6 is 0 Å². The second-order valence-electron chi connectivity index (χ2n) is 4.24. The first-order chi connectivity index (χ1) is 8.66. The summed E-state index contributed by atoms with van der Waals surface area (Å²) in [5.41, 5.74) is 3.11. The topological polar surface area (TPSA) is 58.0 Å². The van der Waals surface area contributed by atoms with Crippen LogP contribution in [0.2, 0.25) is 0 Å². The lowest BCUT2D eigenvalue weighted by Gasteiger charge is -2.02. The highest BCUT2D eigenvalue weighted by molar-refractivity contribution is 5.89. The van der Waals surface area contributed by atoms with Gasteiger partial charge in [0.05, 0.1) is 11.4 Å². The molecule has 3 rings (SSSR count). The average Bonchev–Trinajstić information content (AvgIpc) is 2.91. The molecule has 90 valence electrons. The first kappa shape index (κ1) is 10.7. The largest absolute Gasteiger partial charge is 0.477 e. The molecule has 0 atom stereocenters. The Labute approximate surface area is 103 Å². The van der Waals surface area contributed by atoms with Crippen LogP contribution in [-0.2, 0) is 7.05 Å². The first-order valence-corrected chi connectivity index (χ1v) is 5.64. The van der Waals surface area contributed by atoms with E-state index in [1.807, 2.05) is 36.4 Å². The third kappa shape index (κ3) is 1.50. The number of hydrogen-bond donors (Lipinski definition) is 2. The molecule has 2 aromatic heterocycles. The Morgan fingerprint density at radius 3 is 2.67 bits per heavy atom. The average molecular weight is 240 g/mol. The highest BCUT2D eigenvalue weighted by Gasteiger charge is 2.13. The number of aromatic nitrogens is 2. The fourth-order valence-electron chi connectivity index (χ4n) is 2.21. The van der Waals surface area contributed by atoms with Crippen molar-refractivity contribution in [3.8, 4) is 11.4 Å². The van der Waals surface area contributed by atoms with Gasteiger partial charge >= 0.3 is 5.97 Å². The summed E-state index contributed by atoms with van der Waals surface area (Å²) < 4.78 is 1.67. The van der Waals surface area contributed by atoms with Crippen LogP contribution < -0.4 is 0 Å². The van der Waals surface area contributed by atoms with E-state index in [1.54, 1.807) is 17.7 Å². The number of aromatic carboxylic acids is 1. The number of carboxylic acid groups (broad SMARTS) is 1. The molecular weight excluding hydrogens is 228 g/mol. The molecule has 2 heterocycles. The van der Waals surface area contributed by atoms with Gasteiger partial charge in [-0.2, -0.15) is 0 Å². The summed E-state index contributed by atoms with van der Waals surface area (Å²) in [6, 6.07) is 13.4. The van der Waals surface area contributed by atoms with E-state index in [4.69, 9.17) is 5.11 Å². The predicted octanol–water partition coefficient (Wildman–Crippen LogP) is 2.87. The summed E-state index contributed by atoms with van der Waals surface area (Å²) in [5.74, 6) is -0.917. The Hall–Kier alpha value is -2.49. The van der Waals surface area contributed by atoms with Crippen LogP contribution in [0.5, 0.6) is 0 Å². The molecule has 0 spiro atoms. The molecule has 0 aliphatic carbocycles. The van der Waals surface area contributed by atoms with Crippen molar-refractivity contribution in [3.63, 3.8) is 0 Å². The zero-order chi connectivity index (χ0) is 12.7. The van der Waals surface area contributed by atoms with Crippen molar-refractivity contribution in [2.24, 2.45) is 7.05 Å². The van der Waals surface area contributed by atoms with Crippen LogP contribution in [0.3, 0.4) is 0 Å². The Bertz CT molecular complexity index is 704. The second-order valence-corrected chi connectivity index (χ2v) is 4.24. The molecule has 0 aliphatic rings. The van der Waals surface area contributed by atoms with Gasteiger partial charge in [-0.05, 0) is 24.3 Å². The number of H-pyrrole nitrogens is 1. The van der Waals surface area contributed by atoms with E-state index in [0.717, 1.165) is 22.3 Å². The zero-order valence-electron chi connectivity index (χ0n) is 9.84. The molecule has 0 fully saturated rings. The lowest BCUT2D eigenvalue weighted by Crippen LogP contribution is -2.05. The standard InChI is InChI=1S/C14H12N2O2/c1-16-12(6-7-13(16)14(17)18)11-8-9-4-2-3-5-10(9)15-11/h2-8,15H,1H3,(H,17,18). The van der Waals surface area contributed by atoms with Crippen molar-refractivity contribution in [3.05, 3.63) is 48.2 Å². The van der Waals surface area contributed by atoms with Crippen LogP contribution in [0.1, 0.15) is 10.5 Å². The lowest BCUT2D eigenvalue weighted by molar-refractivity contribution is 0.0687. The molecule has 0 aliphatic heterocycles. The number of fused-ring (bicyclic) bond motifs is 1. The summed E-state index contributed by atoms with van der Waals surface area (Å²) in [4.78, 5) is 14.3. The molecule has 0 radical (unpaired) electrons. The van der Waals surface area contributed by atoms with E-state index < -0.39 is 5.97 Å². The summed E-state index contributed by atoms with van der Waals surface area (Å²) in [6.45, 7) is 0. The Balaban J connectivity index is 2.17. The number of carbonyl (C=O) groups is 1. The lowest BCUT2D eigenvalue weighted by atomic mass is 10.2. The molecule has 1 aromatic carbocycles. The molecule has 0 bridgehead atoms. The van der Waals surface area contributed by atoms with Crippen LogP contribution in [0.25, 0.3) is 22.3 Å². The fourth-order valence-corrected chi connectivity index (χ4v) is 2.21. The highest BCUT2D eigenvalue weighted by Crippen LogP contribution is 2.25. The number of benzene rings is 1. The SMILES string of the molecule is Cn1c(C(=O)O)ccc1-c1cc2ccccc2[nH]1. The Kier molecular flexibility index (Phi) is 2.23. The van der Waals surface area contributed by atoms with Crippen molar-refractivity contribution in [1.82, 2.24) is 9.55 Å². The molecule has 0 saturated heterocycles. The quantitative estimate of drug-likeness (QED) is 0.723. The van der Waals surface area contributed by atoms with Gasteiger partial charge < -0.3 is 14.7 Å². The third-order valence-corrected chi connectivity index (χ3v) is 3.15. The van der Waals surface area contributed by atoms with Crippen molar-refractivity contribution in [2.75, 3.05) is 0 Å². The summed E-state index contributed by atoms with van der Waals surface area (Å²) in [5, 5.41) is 10.2. The van der Waals surface area contributed by atoms with Crippen LogP contribution in [0, 0.1) is 0 Å². The minimum atomic E-state index is -0.917. The number of para-hydroxylation sites is 1. The monoisotopic (exact) mass is 240 g/mol. The molecule has 3 aromatic rings. The van der Waals surface area contributed by atoms with Gasteiger partial charge in [-0.3, -0.25) is 0 Å². The van der Waals surface area contributed by atoms with Gasteiger partial charge in [-0.25, -0.2) is 4.79 Å². The number of hydrogen-bond acceptors (Lipinski definition) is 1. The maximum absolute atomic E-state index is 11.0. The molecule has 0 amide bonds. The van der Waals surface area contributed by atoms with Gasteiger partial charge in [-0.1, -0.05) is 18.2 Å². The van der Waals surface area contributed by atoms with Crippen molar-refractivity contribution in [1.29, 1.82) is 0 Å². The number of nitrogens with zero attached hydrogens (tertiary/aromatic N) is 1. The first-order valence-electron chi connectivity index (χ1n) is 5.64. The van der Waals surface area contributed by atoms with Gasteiger partial charge in [0.15, 0.2) is 0 Å². The minimum absolute atomic E-state index is 0.281. The van der Waals surface area contributed by atoms with Crippen molar-refractivity contribution in [2.45, 2.75) is 0 Å². The van der Waals surface area contributed by atoms with E-state index >= 15 is 0 Å². The van der Waals surface area contributed by atoms with E-state index in [9.17, 15) is 4.79 Å². The maximum atomic E-state index is 11.0. The summed E-state index contributed by atoms with van der Waals surface area (Å²) in [6.07, 6.45) is 0. The molecular formula is C14H12N2O2. The Morgan fingerprint density at radius 2 is 2.00 bits per heavy atom. The van der Waals surface area contributed by atoms with E-state index in [2.05, 4.69) is 4.98 Å². The van der Waals surface area contributed by atoms with E-state index in [0.29, 0.717) is 0 Å². The van der Waals surface area contributed by atoms with Gasteiger partial charge in [0.25, 0.3) is 0 Å². The normalized spacial score (nSPS) is 10.9. The van der Waals surface area contributed by atoms with Crippen LogP contribution in [-0.4, -0.2) is 20.6 Å². The highest BCUT2D eigenvalue weighted by atomic mass is 16.4. The van der Waals surface area contributed by atoms with Crippen molar-refractivity contribution >= 4 is 16.9 Å². The molecule has 4 nitrogen and oxygen atoms in total. The van der Waals surface area contributed by atoms with Gasteiger partial charge in [0.1, 0.15) is 5.69 Å². The van der Waals surface area contributed by atoms with Gasteiger partial charge in [0, 0.05) is 18.0 Å². The van der Waals surface area contributed by atoms with E-state index in [-0.39, 0.29) is 5.69 Å². The molecule has 4 heteroatoms. The predicted molar refractivity (Wildman–Crippen MR) is 69.7 cm³/mol. The van der Waals surface area contributed by atoms with E-state index in [1.165, 1.54) is 0 Å². The van der Waals surface area contributed by atoms with Gasteiger partial charge in [-0.15, -0.1) is 0 Å². The smallest absolute Gasteiger partial charge is 0.352 e. The van der Waals surface area contributed by atoms with Crippen molar-refractivity contribution < 1.29 is 9.90 Å². The maximum Gasteiger partial charge on any atom is 0.352 e. The third-order valence-electron chi connectivity index (χ3n) is 3.15. The Morgan fingerprint density at radius 1 is 1.22 bits per heavy atom. The fraction of sp³-hybridized carbons (Fsp3) is 0.0714. The summed E-state index contributed by atoms with van der Waals surface area (Å²) >= 11 is 0. The summed E-state index contributed by atoms with van der Waals surface area (Å²) in [7, 11) is 1.75. The number of nitrogens with one attached hydrogen (secondary N) is 1. The molecule has 2 N–H and O–H groups in total. The molecule has 0 saturated carbocycles. The van der Waals surface area contributed by atoms with Crippen LogP contribution in [0.15, 0.2) is 42.5 Å². The zero-order valence-corrected chi connectivity index (χ0v) is 9.84. The molecule has 18 heavy (non-hydrogen) atoms. The minimum Gasteiger partial charge on any atom is -0.477 e.